The third-order valence-corrected chi connectivity index (χ3v) is 5.01. The molecular weight excluding hydrogens is 508 g/mol. The summed E-state index contributed by atoms with van der Waals surface area (Å²) >= 11 is 0. The molecule has 0 spiro atoms. The van der Waals surface area contributed by atoms with E-state index >= 15 is 0 Å². The van der Waals surface area contributed by atoms with Crippen LogP contribution in [0.2, 0.25) is 0 Å². The number of aliphatic imine (C=N–C) groups is 1. The first-order valence-corrected chi connectivity index (χ1v) is 10.6. The van der Waals surface area contributed by atoms with Crippen molar-refractivity contribution in [3.05, 3.63) is 59.0 Å². The minimum atomic E-state index is -0.188. The molecule has 0 aliphatic carbocycles. The number of ether oxygens (including phenoxy) is 1. The van der Waals surface area contributed by atoms with E-state index in [1.54, 1.807) is 19.1 Å². The molecule has 6 nitrogen and oxygen atoms in total. The molecule has 2 N–H and O–H groups in total. The molecule has 1 saturated heterocycles. The van der Waals surface area contributed by atoms with Crippen LogP contribution >= 0.6 is 24.0 Å². The fourth-order valence-corrected chi connectivity index (χ4v) is 3.51. The average molecular weight is 541 g/mol. The molecule has 2 unspecified atom stereocenters. The molecule has 2 heterocycles. The van der Waals surface area contributed by atoms with E-state index in [0.717, 1.165) is 36.6 Å². The van der Waals surface area contributed by atoms with Gasteiger partial charge in [0.1, 0.15) is 11.6 Å². The van der Waals surface area contributed by atoms with E-state index in [2.05, 4.69) is 45.4 Å². The number of aryl methyl sites for hydroxylation is 1. The highest BCUT2D eigenvalue weighted by atomic mass is 127. The highest BCUT2D eigenvalue weighted by molar-refractivity contribution is 14.0. The second-order valence-corrected chi connectivity index (χ2v) is 7.82. The predicted octanol–water partition coefficient (Wildman–Crippen LogP) is 4.02. The molecule has 0 bridgehead atoms. The molecule has 1 aliphatic heterocycles. The maximum atomic E-state index is 13.7. The van der Waals surface area contributed by atoms with Crippen LogP contribution in [0.15, 0.2) is 41.5 Å². The number of nitrogens with one attached hydrogen (secondary N) is 2. The number of nitrogens with zero attached hydrogens (tertiary/aromatic N) is 3. The van der Waals surface area contributed by atoms with Gasteiger partial charge in [0.25, 0.3) is 0 Å². The summed E-state index contributed by atoms with van der Waals surface area (Å²) in [6, 6.07) is 9.38. The molecule has 1 aliphatic rings. The maximum absolute atomic E-state index is 13.7. The van der Waals surface area contributed by atoms with Gasteiger partial charge in [-0.15, -0.1) is 24.0 Å². The van der Waals surface area contributed by atoms with Crippen LogP contribution < -0.4 is 15.5 Å². The summed E-state index contributed by atoms with van der Waals surface area (Å²) in [7, 11) is 0. The minimum absolute atomic E-state index is 0. The summed E-state index contributed by atoms with van der Waals surface area (Å²) in [5, 5.41) is 6.48. The Balaban J connectivity index is 0.00000341. The smallest absolute Gasteiger partial charge is 0.191 e. The maximum Gasteiger partial charge on any atom is 0.191 e. The Morgan fingerprint density at radius 1 is 1.16 bits per heavy atom. The number of rotatable bonds is 6. The van der Waals surface area contributed by atoms with Crippen molar-refractivity contribution in [1.29, 1.82) is 0 Å². The quantitative estimate of drug-likeness (QED) is 0.329. The lowest BCUT2D eigenvalue weighted by Crippen LogP contribution is -2.45. The van der Waals surface area contributed by atoms with Gasteiger partial charge in [0.05, 0.1) is 18.8 Å². The summed E-state index contributed by atoms with van der Waals surface area (Å²) in [5.41, 5.74) is 2.56. The van der Waals surface area contributed by atoms with Gasteiger partial charge in [-0.1, -0.05) is 18.2 Å². The zero-order chi connectivity index (χ0) is 21.5. The summed E-state index contributed by atoms with van der Waals surface area (Å²) in [4.78, 5) is 11.5. The monoisotopic (exact) mass is 541 g/mol. The average Bonchev–Trinajstić information content (AvgIpc) is 2.72. The van der Waals surface area contributed by atoms with Crippen LogP contribution in [0.5, 0.6) is 0 Å². The Labute approximate surface area is 201 Å². The molecule has 2 atom stereocenters. The van der Waals surface area contributed by atoms with Crippen molar-refractivity contribution < 1.29 is 9.13 Å². The first-order chi connectivity index (χ1) is 14.4. The van der Waals surface area contributed by atoms with E-state index < -0.39 is 0 Å². The van der Waals surface area contributed by atoms with E-state index in [9.17, 15) is 4.39 Å². The van der Waals surface area contributed by atoms with Gasteiger partial charge < -0.3 is 20.3 Å². The van der Waals surface area contributed by atoms with E-state index in [-0.39, 0.29) is 42.0 Å². The molecule has 170 valence electrons. The van der Waals surface area contributed by atoms with Crippen molar-refractivity contribution in [3.63, 3.8) is 0 Å². The number of guanidine groups is 1. The number of benzene rings is 1. The lowest BCUT2D eigenvalue weighted by molar-refractivity contribution is -0.00545. The summed E-state index contributed by atoms with van der Waals surface area (Å²) in [6.45, 7) is 11.4. The minimum Gasteiger partial charge on any atom is -0.372 e. The van der Waals surface area contributed by atoms with E-state index in [1.165, 1.54) is 0 Å². The van der Waals surface area contributed by atoms with Gasteiger partial charge in [-0.3, -0.25) is 0 Å². The highest BCUT2D eigenvalue weighted by Crippen LogP contribution is 2.18. The van der Waals surface area contributed by atoms with Crippen molar-refractivity contribution in [2.45, 2.75) is 53.0 Å². The molecule has 0 radical (unpaired) electrons. The Bertz CT molecular complexity index is 852. The van der Waals surface area contributed by atoms with Gasteiger partial charge in [-0.2, -0.15) is 0 Å². The number of aromatic nitrogens is 1. The van der Waals surface area contributed by atoms with Crippen molar-refractivity contribution in [2.75, 3.05) is 24.5 Å². The van der Waals surface area contributed by atoms with Crippen LogP contribution in [-0.4, -0.2) is 42.8 Å². The fourth-order valence-electron chi connectivity index (χ4n) is 3.51. The van der Waals surface area contributed by atoms with E-state index in [4.69, 9.17) is 4.74 Å². The standard InChI is InChI=1S/C23H32FN5O.HI/c1-5-25-23(27-11-19-7-6-16(2)21(24)10-19)28-13-20-8-9-22(26-12-20)29-14-17(3)30-18(4)15-29;/h6-10,12,17-18H,5,11,13-15H2,1-4H3,(H2,25,27,28);1H. The molecule has 0 saturated carbocycles. The van der Waals surface area contributed by atoms with Gasteiger partial charge in [-0.05, 0) is 56.5 Å². The van der Waals surface area contributed by atoms with Gasteiger partial charge in [-0.25, -0.2) is 14.4 Å². The van der Waals surface area contributed by atoms with Crippen molar-refractivity contribution >= 4 is 35.8 Å². The van der Waals surface area contributed by atoms with Crippen LogP contribution in [-0.2, 0) is 17.8 Å². The molecule has 1 aromatic carbocycles. The lowest BCUT2D eigenvalue weighted by atomic mass is 10.1. The number of hydrogen-bond donors (Lipinski definition) is 2. The van der Waals surface area contributed by atoms with Crippen LogP contribution in [0.1, 0.15) is 37.5 Å². The normalized spacial score (nSPS) is 19.0. The Morgan fingerprint density at radius 2 is 1.87 bits per heavy atom. The summed E-state index contributed by atoms with van der Waals surface area (Å²) < 4.78 is 19.5. The fraction of sp³-hybridized carbons (Fsp3) is 0.478. The molecule has 31 heavy (non-hydrogen) atoms. The number of morpholine rings is 1. The second-order valence-electron chi connectivity index (χ2n) is 7.82. The van der Waals surface area contributed by atoms with Gasteiger partial charge in [0.2, 0.25) is 0 Å². The van der Waals surface area contributed by atoms with Crippen molar-refractivity contribution in [3.8, 4) is 0 Å². The molecule has 1 aromatic heterocycles. The van der Waals surface area contributed by atoms with Crippen LogP contribution in [0.3, 0.4) is 0 Å². The summed E-state index contributed by atoms with van der Waals surface area (Å²) in [6.07, 6.45) is 2.29. The first-order valence-electron chi connectivity index (χ1n) is 10.6. The third-order valence-electron chi connectivity index (χ3n) is 5.01. The Hall–Kier alpha value is -1.94. The largest absolute Gasteiger partial charge is 0.372 e. The SMILES string of the molecule is CCNC(=NCc1ccc(N2CC(C)OC(C)C2)nc1)NCc1ccc(C)c(F)c1.I. The molecule has 3 rings (SSSR count). The van der Waals surface area contributed by atoms with Gasteiger partial charge in [0.15, 0.2) is 5.96 Å². The third kappa shape index (κ3) is 7.60. The second kappa shape index (κ2) is 12.2. The number of hydrogen-bond acceptors (Lipinski definition) is 4. The number of anilines is 1. The van der Waals surface area contributed by atoms with Crippen LogP contribution in [0.25, 0.3) is 0 Å². The van der Waals surface area contributed by atoms with E-state index in [1.807, 2.05) is 25.3 Å². The van der Waals surface area contributed by atoms with Crippen molar-refractivity contribution in [1.82, 2.24) is 15.6 Å². The van der Waals surface area contributed by atoms with E-state index in [0.29, 0.717) is 24.6 Å². The molecule has 8 heteroatoms. The Morgan fingerprint density at radius 3 is 2.48 bits per heavy atom. The number of pyridine rings is 1. The molecular formula is C23H33FIN5O. The van der Waals surface area contributed by atoms with Crippen LogP contribution in [0.4, 0.5) is 10.2 Å². The van der Waals surface area contributed by atoms with Gasteiger partial charge in [0, 0.05) is 32.4 Å². The molecule has 2 aromatic rings. The number of halogens is 2. The molecule has 0 amide bonds. The summed E-state index contributed by atoms with van der Waals surface area (Å²) in [5.74, 6) is 1.47. The first kappa shape index (κ1) is 25.3. The van der Waals surface area contributed by atoms with Crippen LogP contribution in [0, 0.1) is 12.7 Å². The zero-order valence-corrected chi connectivity index (χ0v) is 21.0. The lowest BCUT2D eigenvalue weighted by Gasteiger charge is -2.36. The predicted molar refractivity (Wildman–Crippen MR) is 135 cm³/mol. The topological polar surface area (TPSA) is 61.8 Å². The zero-order valence-electron chi connectivity index (χ0n) is 18.7. The molecule has 1 fully saturated rings. The Kier molecular flexibility index (Phi) is 9.95. The van der Waals surface area contributed by atoms with Crippen molar-refractivity contribution in [2.24, 2.45) is 4.99 Å². The van der Waals surface area contributed by atoms with Gasteiger partial charge >= 0.3 is 0 Å². The highest BCUT2D eigenvalue weighted by Gasteiger charge is 2.22.